The van der Waals surface area contributed by atoms with Crippen molar-refractivity contribution in [2.75, 3.05) is 37.7 Å². The maximum atomic E-state index is 15.6. The van der Waals surface area contributed by atoms with Crippen molar-refractivity contribution in [3.05, 3.63) is 36.7 Å². The molecule has 2 aromatic heterocycles. The highest BCUT2D eigenvalue weighted by Crippen LogP contribution is 2.49. The number of alkyl halides is 2. The molecule has 1 aliphatic heterocycles. The van der Waals surface area contributed by atoms with Crippen LogP contribution in [0.3, 0.4) is 0 Å². The van der Waals surface area contributed by atoms with Crippen LogP contribution in [0.5, 0.6) is 5.75 Å². The quantitative estimate of drug-likeness (QED) is 0.145. The molecule has 1 aromatic carbocycles. The zero-order chi connectivity index (χ0) is 28.4. The number of rotatable bonds is 11. The van der Waals surface area contributed by atoms with Crippen molar-refractivity contribution >= 4 is 48.2 Å². The minimum Gasteiger partial charge on any atom is -0.468 e. The van der Waals surface area contributed by atoms with E-state index in [1.165, 1.54) is 30.0 Å². The molecule has 6 atom stereocenters. The van der Waals surface area contributed by atoms with Gasteiger partial charge in [0.25, 0.3) is 0 Å². The first kappa shape index (κ1) is 28.9. The summed E-state index contributed by atoms with van der Waals surface area (Å²) < 4.78 is 52.3. The third-order valence-corrected chi connectivity index (χ3v) is 8.07. The fourth-order valence-electron chi connectivity index (χ4n) is 3.96. The van der Waals surface area contributed by atoms with E-state index in [4.69, 9.17) is 31.1 Å². The molecule has 14 nitrogen and oxygen atoms in total. The van der Waals surface area contributed by atoms with Crippen LogP contribution in [0, 0.1) is 0 Å². The molecule has 1 fully saturated rings. The van der Waals surface area contributed by atoms with Crippen LogP contribution < -0.4 is 20.7 Å². The fourth-order valence-corrected chi connectivity index (χ4v) is 5.81. The van der Waals surface area contributed by atoms with Crippen molar-refractivity contribution in [1.82, 2.24) is 24.6 Å². The number of nitrogens with two attached hydrogens (primary N) is 1. The number of methoxy groups -OCH3 is 1. The zero-order valence-electron chi connectivity index (χ0n) is 21.2. The van der Waals surface area contributed by atoms with Gasteiger partial charge in [0.15, 0.2) is 29.4 Å². The second kappa shape index (κ2) is 11.6. The predicted octanol–water partition coefficient (Wildman–Crippen LogP) is 2.01. The number of carbonyl (C=O) groups is 1. The lowest BCUT2D eigenvalue weighted by molar-refractivity contribution is -0.142. The fraction of sp³-hybridized carbons (Fsp3) is 0.455. The van der Waals surface area contributed by atoms with Gasteiger partial charge in [-0.2, -0.15) is 15.1 Å². The average molecular weight is 588 g/mol. The summed E-state index contributed by atoms with van der Waals surface area (Å²) in [5.41, 5.74) is 4.33. The lowest BCUT2D eigenvalue weighted by Crippen LogP contribution is -2.48. The predicted molar refractivity (Wildman–Crippen MR) is 139 cm³/mol. The van der Waals surface area contributed by atoms with E-state index in [1.807, 2.05) is 0 Å². The van der Waals surface area contributed by atoms with Crippen LogP contribution in [0.25, 0.3) is 11.2 Å². The number of nitrogen functional groups attached to an aromatic ring is 1. The molecule has 0 spiro atoms. The van der Waals surface area contributed by atoms with Crippen molar-refractivity contribution < 1.29 is 37.4 Å². The van der Waals surface area contributed by atoms with Crippen LogP contribution in [-0.4, -0.2) is 81.2 Å². The molecule has 0 unspecified atom stereocenters. The molecular formula is C22H28ClFN7O7P. The number of aliphatic hydroxyl groups excluding tert-OH is 1. The number of fused-ring (bicyclic) bond motifs is 1. The Bertz CT molecular complexity index is 1370. The van der Waals surface area contributed by atoms with Crippen molar-refractivity contribution in [3.63, 3.8) is 0 Å². The van der Waals surface area contributed by atoms with Crippen molar-refractivity contribution in [2.24, 2.45) is 0 Å². The molecule has 39 heavy (non-hydrogen) atoms. The van der Waals surface area contributed by atoms with Crippen LogP contribution in [0.1, 0.15) is 13.2 Å². The molecule has 17 heteroatoms. The molecule has 0 bridgehead atoms. The Labute approximate surface area is 227 Å². The Kier molecular flexibility index (Phi) is 8.59. The number of esters is 1. The van der Waals surface area contributed by atoms with Crippen LogP contribution in [0.2, 0.25) is 0 Å². The van der Waals surface area contributed by atoms with Gasteiger partial charge in [-0.15, -0.1) is 11.6 Å². The summed E-state index contributed by atoms with van der Waals surface area (Å²) in [6, 6.07) is 6.91. The molecule has 1 aliphatic rings. The monoisotopic (exact) mass is 587 g/mol. The van der Waals surface area contributed by atoms with Crippen molar-refractivity contribution in [2.45, 2.75) is 37.1 Å². The highest BCUT2D eigenvalue weighted by Gasteiger charge is 2.57. The van der Waals surface area contributed by atoms with E-state index in [-0.39, 0.29) is 17.3 Å². The molecule has 0 aliphatic carbocycles. The number of ether oxygens (including phenoxy) is 2. The second-order valence-corrected chi connectivity index (χ2v) is 10.6. The first-order valence-electron chi connectivity index (χ1n) is 11.6. The van der Waals surface area contributed by atoms with E-state index in [2.05, 4.69) is 30.1 Å². The highest BCUT2D eigenvalue weighted by atomic mass is 35.5. The number of carbonyl (C=O) groups excluding carboxylic acids is 1. The van der Waals surface area contributed by atoms with Gasteiger partial charge in [-0.1, -0.05) is 18.2 Å². The average Bonchev–Trinajstić information content (AvgIpc) is 3.45. The molecule has 0 radical (unpaired) electrons. The van der Waals surface area contributed by atoms with Gasteiger partial charge in [0.1, 0.15) is 23.5 Å². The number of halogens is 2. The van der Waals surface area contributed by atoms with Gasteiger partial charge >= 0.3 is 13.7 Å². The Morgan fingerprint density at radius 1 is 1.38 bits per heavy atom. The second-order valence-electron chi connectivity index (χ2n) is 8.65. The molecule has 1 saturated heterocycles. The Morgan fingerprint density at radius 3 is 2.74 bits per heavy atom. The SMILES string of the molecule is CNc1nc(N)nc2c1ncn2[C@@H]1O[C@](CCl)(CO[P@@](=O)(N[C@H](C)C(=O)OC)Oc2ccccc2)[C@@H](O)[C@@H]1F. The first-order chi connectivity index (χ1) is 18.6. The Balaban J connectivity index is 1.62. The molecule has 5 N–H and O–H groups in total. The normalized spacial score (nSPS) is 25.2. The molecule has 0 amide bonds. The standard InChI is InChI=1S/C22H28ClFN7O7P/c1-12(20(33)35-3)30-39(34,38-13-7-5-4-6-8-13)36-10-22(9-23)16(32)14(24)19(37-22)31-11-27-15-17(26-2)28-21(25)29-18(15)31/h4-8,11-12,14,16,19,32H,9-10H2,1-3H3,(H,30,34)(H3,25,26,28,29)/t12-,14+,16+,19-,22-,39+/m1/s1. The summed E-state index contributed by atoms with van der Waals surface area (Å²) >= 11 is 6.17. The zero-order valence-corrected chi connectivity index (χ0v) is 22.8. The summed E-state index contributed by atoms with van der Waals surface area (Å²) in [6.45, 7) is 0.699. The maximum Gasteiger partial charge on any atom is 0.459 e. The number of anilines is 2. The molecule has 212 valence electrons. The first-order valence-corrected chi connectivity index (χ1v) is 13.7. The molecule has 3 aromatic rings. The molecular weight excluding hydrogens is 560 g/mol. The van der Waals surface area contributed by atoms with Gasteiger partial charge in [-0.3, -0.25) is 13.9 Å². The minimum atomic E-state index is -4.34. The number of benzene rings is 1. The number of imidazole rings is 1. The lowest BCUT2D eigenvalue weighted by Gasteiger charge is -2.31. The summed E-state index contributed by atoms with van der Waals surface area (Å²) in [4.78, 5) is 24.4. The van der Waals surface area contributed by atoms with Gasteiger partial charge in [-0.05, 0) is 19.1 Å². The number of aromatic nitrogens is 4. The number of hydrogen-bond donors (Lipinski definition) is 4. The number of nitrogens with zero attached hydrogens (tertiary/aromatic N) is 4. The number of nitrogens with one attached hydrogen (secondary N) is 2. The highest BCUT2D eigenvalue weighted by molar-refractivity contribution is 7.52. The Hall–Kier alpha value is -3.07. The van der Waals surface area contributed by atoms with Gasteiger partial charge in [0.05, 0.1) is 25.9 Å². The van der Waals surface area contributed by atoms with Crippen molar-refractivity contribution in [3.8, 4) is 5.75 Å². The third-order valence-electron chi connectivity index (χ3n) is 6.00. The lowest BCUT2D eigenvalue weighted by atomic mass is 9.99. The number of para-hydroxylation sites is 1. The summed E-state index contributed by atoms with van der Waals surface area (Å²) in [7, 11) is -1.58. The van der Waals surface area contributed by atoms with E-state index >= 15 is 4.39 Å². The van der Waals surface area contributed by atoms with Gasteiger partial charge < -0.3 is 30.2 Å². The van der Waals surface area contributed by atoms with Crippen LogP contribution in [0.4, 0.5) is 16.2 Å². The number of aliphatic hydroxyl groups is 1. The van der Waals surface area contributed by atoms with E-state index in [9.17, 15) is 14.5 Å². The summed E-state index contributed by atoms with van der Waals surface area (Å²) in [6.07, 6.45) is -4.06. The van der Waals surface area contributed by atoms with E-state index in [1.54, 1.807) is 25.2 Å². The molecule has 4 rings (SSSR count). The minimum absolute atomic E-state index is 0.0979. The van der Waals surface area contributed by atoms with Crippen LogP contribution in [0.15, 0.2) is 36.7 Å². The van der Waals surface area contributed by atoms with Crippen LogP contribution >= 0.6 is 19.3 Å². The summed E-state index contributed by atoms with van der Waals surface area (Å²) in [5.74, 6) is -0.838. The van der Waals surface area contributed by atoms with E-state index < -0.39 is 56.3 Å². The topological polar surface area (TPSA) is 185 Å². The molecule has 3 heterocycles. The Morgan fingerprint density at radius 2 is 2.10 bits per heavy atom. The summed E-state index contributed by atoms with van der Waals surface area (Å²) in [5, 5.41) is 16.2. The van der Waals surface area contributed by atoms with Crippen molar-refractivity contribution in [1.29, 1.82) is 0 Å². The number of hydrogen-bond acceptors (Lipinski definition) is 12. The molecule has 0 saturated carbocycles. The van der Waals surface area contributed by atoms with Gasteiger partial charge in [0, 0.05) is 7.05 Å². The van der Waals surface area contributed by atoms with Gasteiger partial charge in [-0.25, -0.2) is 13.9 Å². The maximum absolute atomic E-state index is 15.6. The van der Waals surface area contributed by atoms with E-state index in [0.29, 0.717) is 11.3 Å². The largest absolute Gasteiger partial charge is 0.468 e. The third kappa shape index (κ3) is 5.78. The van der Waals surface area contributed by atoms with Gasteiger partial charge in [0.2, 0.25) is 5.95 Å². The van der Waals surface area contributed by atoms with Crippen LogP contribution in [-0.2, 0) is 23.4 Å². The smallest absolute Gasteiger partial charge is 0.459 e. The van der Waals surface area contributed by atoms with E-state index in [0.717, 1.165) is 7.11 Å².